The molecular weight excluding hydrogens is 252 g/mol. The van der Waals surface area contributed by atoms with Gasteiger partial charge in [0.15, 0.2) is 4.90 Å². The van der Waals surface area contributed by atoms with E-state index in [2.05, 4.69) is 16.8 Å². The highest BCUT2D eigenvalue weighted by atomic mass is 32.2. The van der Waals surface area contributed by atoms with E-state index in [1.807, 2.05) is 12.1 Å². The fourth-order valence-corrected chi connectivity index (χ4v) is 1.40. The van der Waals surface area contributed by atoms with E-state index < -0.39 is 10.1 Å². The van der Waals surface area contributed by atoms with Gasteiger partial charge in [-0.15, -0.1) is 0 Å². The Morgan fingerprint density at radius 1 is 1.25 bits per heavy atom. The molecule has 5 nitrogen and oxygen atoms in total. The van der Waals surface area contributed by atoms with Crippen molar-refractivity contribution in [3.05, 3.63) is 24.3 Å². The van der Waals surface area contributed by atoms with Gasteiger partial charge in [-0.05, 0) is 24.3 Å². The van der Waals surface area contributed by atoms with Crippen LogP contribution in [0.25, 0.3) is 0 Å². The van der Waals surface area contributed by atoms with Crippen LogP contribution in [0.15, 0.2) is 29.2 Å². The van der Waals surface area contributed by atoms with Crippen molar-refractivity contribution >= 4 is 21.0 Å². The molecule has 0 bridgehead atoms. The van der Waals surface area contributed by atoms with Gasteiger partial charge in [0.1, 0.15) is 18.3 Å². The molecule has 1 aromatic rings. The summed E-state index contributed by atoms with van der Waals surface area (Å²) in [4.78, 5) is 1.29. The molecule has 0 saturated heterocycles. The molecule has 0 spiro atoms. The third-order valence-corrected chi connectivity index (χ3v) is 2.89. The third kappa shape index (κ3) is 7.52. The first-order chi connectivity index (χ1) is 7.26. The quantitative estimate of drug-likeness (QED) is 0.457. The van der Waals surface area contributed by atoms with Crippen molar-refractivity contribution in [3.8, 4) is 5.75 Å². The Hall–Kier alpha value is -0.760. The van der Waals surface area contributed by atoms with Gasteiger partial charge < -0.3 is 14.7 Å². The van der Waals surface area contributed by atoms with Gasteiger partial charge in [0.25, 0.3) is 10.1 Å². The van der Waals surface area contributed by atoms with Gasteiger partial charge in [-0.1, -0.05) is 0 Å². The van der Waals surface area contributed by atoms with Crippen molar-refractivity contribution < 1.29 is 23.1 Å². The van der Waals surface area contributed by atoms with E-state index in [1.54, 1.807) is 12.1 Å². The Balaban J connectivity index is 0.000000325. The van der Waals surface area contributed by atoms with Crippen molar-refractivity contribution in [1.29, 1.82) is 0 Å². The van der Waals surface area contributed by atoms with Crippen LogP contribution in [0, 0.1) is 0 Å². The first-order valence-electron chi connectivity index (χ1n) is 4.14. The van der Waals surface area contributed by atoms with Gasteiger partial charge >= 0.3 is 0 Å². The molecule has 0 aliphatic heterocycles. The van der Waals surface area contributed by atoms with Crippen LogP contribution in [0.4, 0.5) is 0 Å². The lowest BCUT2D eigenvalue weighted by molar-refractivity contribution is -0.634. The summed E-state index contributed by atoms with van der Waals surface area (Å²) in [6.07, 6.45) is 5.00. The molecule has 0 radical (unpaired) electrons. The maximum atomic E-state index is 9.47. The molecule has 16 heavy (non-hydrogen) atoms. The second-order valence-corrected chi connectivity index (χ2v) is 6.73. The second-order valence-electron chi connectivity index (χ2n) is 3.08. The monoisotopic (exact) mass is 266 g/mol. The summed E-state index contributed by atoms with van der Waals surface area (Å²) in [7, 11) is -3.42. The van der Waals surface area contributed by atoms with Gasteiger partial charge in [0.2, 0.25) is 0 Å². The molecule has 0 aliphatic carbocycles. The zero-order valence-electron chi connectivity index (χ0n) is 9.21. The summed E-state index contributed by atoms with van der Waals surface area (Å²) in [6, 6.07) is 7.36. The van der Waals surface area contributed by atoms with E-state index in [1.165, 1.54) is 4.90 Å². The predicted octanol–water partition coefficient (Wildman–Crippen LogP) is -0.133. The van der Waals surface area contributed by atoms with E-state index in [4.69, 9.17) is 10.4 Å². The molecule has 0 saturated carbocycles. The standard InChI is InChI=1S/C8H10OS.CH4O4S/c1-10(2)8-5-3-7(9)4-6-8;1-6(3,4)5-2/h3-6H,1-2H3;2H,1H3. The molecule has 0 unspecified atom stereocenters. The fourth-order valence-electron chi connectivity index (χ4n) is 0.718. The van der Waals surface area contributed by atoms with E-state index >= 15 is 0 Å². The Morgan fingerprint density at radius 2 is 1.62 bits per heavy atom. The summed E-state index contributed by atoms with van der Waals surface area (Å²) in [6.45, 7) is 0. The summed E-state index contributed by atoms with van der Waals surface area (Å²) < 4.78 is 21.6. The highest BCUT2D eigenvalue weighted by molar-refractivity contribution is 7.95. The lowest BCUT2D eigenvalue weighted by Gasteiger charge is -1.97. The van der Waals surface area contributed by atoms with Crippen molar-refractivity contribution in [2.75, 3.05) is 18.8 Å². The first kappa shape index (κ1) is 15.2. The first-order valence-corrected chi connectivity index (χ1v) is 8.00. The summed E-state index contributed by atoms with van der Waals surface area (Å²) in [5.41, 5.74) is 0. The largest absolute Gasteiger partial charge is 0.707 e. The summed E-state index contributed by atoms with van der Waals surface area (Å²) in [5.74, 6) is 0.342. The normalized spacial score (nSPS) is 10.8. The zero-order chi connectivity index (χ0) is 12.8. The molecule has 0 amide bonds. The van der Waals surface area contributed by atoms with E-state index in [0.29, 0.717) is 22.9 Å². The molecule has 1 N–H and O–H groups in total. The van der Waals surface area contributed by atoms with Crippen LogP contribution in [0.2, 0.25) is 0 Å². The van der Waals surface area contributed by atoms with E-state index in [0.717, 1.165) is 0 Å². The minimum Gasteiger partial charge on any atom is -0.707 e. The van der Waals surface area contributed by atoms with Crippen molar-refractivity contribution in [1.82, 2.24) is 0 Å². The van der Waals surface area contributed by atoms with Crippen molar-refractivity contribution in [2.24, 2.45) is 0 Å². The van der Waals surface area contributed by atoms with Crippen molar-refractivity contribution in [3.63, 3.8) is 0 Å². The highest BCUT2D eigenvalue weighted by Gasteiger charge is 2.05. The maximum absolute atomic E-state index is 9.47. The minimum atomic E-state index is -3.72. The molecule has 92 valence electrons. The Morgan fingerprint density at radius 3 is 1.88 bits per heavy atom. The average molecular weight is 266 g/mol. The Bertz CT molecular complexity index is 396. The highest BCUT2D eigenvalue weighted by Crippen LogP contribution is 2.13. The number of hydrogen-bond acceptors (Lipinski definition) is 5. The average Bonchev–Trinajstić information content (AvgIpc) is 2.18. The van der Waals surface area contributed by atoms with Crippen LogP contribution in [-0.2, 0) is 25.3 Å². The van der Waals surface area contributed by atoms with Crippen LogP contribution < -0.4 is 5.26 Å². The van der Waals surface area contributed by atoms with Gasteiger partial charge in [-0.2, -0.15) is 0 Å². The topological polar surface area (TPSA) is 86.7 Å². The van der Waals surface area contributed by atoms with Gasteiger partial charge in [0, 0.05) is 10.9 Å². The van der Waals surface area contributed by atoms with Gasteiger partial charge in [0.05, 0.1) is 6.26 Å². The lowest BCUT2D eigenvalue weighted by Crippen LogP contribution is -2.12. The molecule has 0 atom stereocenters. The Labute approximate surface area is 98.1 Å². The summed E-state index contributed by atoms with van der Waals surface area (Å²) in [5, 5.41) is 17.8. The smallest absolute Gasteiger partial charge is 0.255 e. The van der Waals surface area contributed by atoms with Crippen LogP contribution in [0.3, 0.4) is 0 Å². The zero-order valence-corrected chi connectivity index (χ0v) is 10.8. The molecule has 7 heteroatoms. The van der Waals surface area contributed by atoms with E-state index in [9.17, 15) is 8.42 Å². The number of rotatable bonds is 2. The molecule has 0 aromatic heterocycles. The van der Waals surface area contributed by atoms with Crippen molar-refractivity contribution in [2.45, 2.75) is 4.90 Å². The molecule has 0 aliphatic rings. The minimum absolute atomic E-state index is 0.302. The number of benzene rings is 1. The fraction of sp³-hybridized carbons (Fsp3) is 0.333. The van der Waals surface area contributed by atoms with Crippen LogP contribution >= 0.6 is 0 Å². The maximum Gasteiger partial charge on any atom is 0.255 e. The third-order valence-electron chi connectivity index (χ3n) is 1.43. The lowest BCUT2D eigenvalue weighted by atomic mass is 10.3. The van der Waals surface area contributed by atoms with Crippen LogP contribution in [0.5, 0.6) is 5.75 Å². The second kappa shape index (κ2) is 6.74. The molecule has 0 heterocycles. The SMILES string of the molecule is CS(=O)(=O)O[O-].C[S+](C)c1ccc(O)cc1. The van der Waals surface area contributed by atoms with E-state index in [-0.39, 0.29) is 0 Å². The predicted molar refractivity (Wildman–Crippen MR) is 61.5 cm³/mol. The number of hydrogen-bond donors (Lipinski definition) is 1. The van der Waals surface area contributed by atoms with Crippen LogP contribution in [0.1, 0.15) is 0 Å². The number of phenolic OH excluding ortho intramolecular Hbond substituents is 1. The number of aromatic hydroxyl groups is 1. The molecular formula is C9H14O5S2. The molecule has 1 rings (SSSR count). The van der Waals surface area contributed by atoms with Gasteiger partial charge in [-0.3, -0.25) is 0 Å². The summed E-state index contributed by atoms with van der Waals surface area (Å²) >= 11 is 0. The Kier molecular flexibility index (Phi) is 6.42. The molecule has 0 fully saturated rings. The van der Waals surface area contributed by atoms with Crippen LogP contribution in [-0.4, -0.2) is 32.3 Å². The molecule has 1 aromatic carbocycles. The van der Waals surface area contributed by atoms with Gasteiger partial charge in [-0.25, -0.2) is 8.42 Å². The number of phenols is 1.